The molecular formula is C27H39N3O6. The number of hydrogen-bond donors (Lipinski definition) is 1. The summed E-state index contributed by atoms with van der Waals surface area (Å²) >= 11 is 0. The molecule has 2 atom stereocenters. The molecule has 1 heterocycles. The van der Waals surface area contributed by atoms with Crippen LogP contribution in [-0.4, -0.2) is 83.0 Å². The SMILES string of the molecule is CC(C)CNC=O.COc1cc(-c2ccc(CC3C(=O)[N+](C)([O-])CCN3C)cc2)cc(OC)c1OC. The van der Waals surface area contributed by atoms with Crippen molar-refractivity contribution < 1.29 is 28.4 Å². The van der Waals surface area contributed by atoms with E-state index in [1.54, 1.807) is 21.3 Å². The van der Waals surface area contributed by atoms with Gasteiger partial charge in [0.2, 0.25) is 12.2 Å². The molecule has 2 unspecified atom stereocenters. The van der Waals surface area contributed by atoms with Crippen LogP contribution in [0.3, 0.4) is 0 Å². The summed E-state index contributed by atoms with van der Waals surface area (Å²) in [4.78, 5) is 24.1. The van der Waals surface area contributed by atoms with Crippen LogP contribution in [0.2, 0.25) is 0 Å². The first kappa shape index (κ1) is 29.1. The number of hydroxylamine groups is 3. The molecule has 1 aliphatic heterocycles. The van der Waals surface area contributed by atoms with Gasteiger partial charge in [-0.05, 0) is 41.8 Å². The second-order valence-electron chi connectivity index (χ2n) is 9.39. The molecule has 0 spiro atoms. The Kier molecular flexibility index (Phi) is 10.7. The zero-order valence-electron chi connectivity index (χ0n) is 22.4. The molecule has 0 aromatic heterocycles. The Hall–Kier alpha value is -3.14. The molecule has 0 saturated carbocycles. The molecule has 1 saturated heterocycles. The van der Waals surface area contributed by atoms with Crippen molar-refractivity contribution in [3.63, 3.8) is 0 Å². The highest BCUT2D eigenvalue weighted by atomic mass is 16.6. The quantitative estimate of drug-likeness (QED) is 0.320. The topological polar surface area (TPSA) is 100 Å². The van der Waals surface area contributed by atoms with Gasteiger partial charge in [0.25, 0.3) is 0 Å². The normalized spacial score (nSPS) is 19.8. The van der Waals surface area contributed by atoms with Gasteiger partial charge in [-0.2, -0.15) is 0 Å². The minimum absolute atomic E-state index is 0.285. The first-order valence-electron chi connectivity index (χ1n) is 11.9. The third-order valence-corrected chi connectivity index (χ3v) is 6.15. The van der Waals surface area contributed by atoms with Crippen LogP contribution in [0.4, 0.5) is 0 Å². The van der Waals surface area contributed by atoms with Crippen molar-refractivity contribution in [3.8, 4) is 28.4 Å². The molecule has 1 fully saturated rings. The van der Waals surface area contributed by atoms with Crippen LogP contribution in [0.25, 0.3) is 11.1 Å². The maximum atomic E-state index is 12.5. The number of ether oxygens (including phenoxy) is 3. The molecule has 2 aromatic rings. The maximum absolute atomic E-state index is 12.5. The third kappa shape index (κ3) is 7.43. The van der Waals surface area contributed by atoms with Gasteiger partial charge in [0.15, 0.2) is 11.5 Å². The zero-order valence-corrected chi connectivity index (χ0v) is 22.4. The highest BCUT2D eigenvalue weighted by molar-refractivity contribution is 5.77. The standard InChI is InChI=1S/C22H28N2O5.C5H11NO/c1-23-10-11-24(2,26)22(25)18(23)12-15-6-8-16(9-7-15)17-13-19(27-3)21(29-5)20(14-17)28-4;1-5(2)3-6-4-7/h6-9,13-14,18H,10-12H2,1-5H3;4-5H,3H2,1-2H3,(H,6,7). The van der Waals surface area contributed by atoms with Crippen LogP contribution in [0.1, 0.15) is 19.4 Å². The largest absolute Gasteiger partial charge is 0.625 e. The second kappa shape index (κ2) is 13.2. The Bertz CT molecular complexity index is 982. The number of hydrogen-bond acceptors (Lipinski definition) is 7. The van der Waals surface area contributed by atoms with Crippen molar-refractivity contribution in [2.24, 2.45) is 5.92 Å². The van der Waals surface area contributed by atoms with Crippen molar-refractivity contribution in [1.29, 1.82) is 0 Å². The molecule has 2 amide bonds. The van der Waals surface area contributed by atoms with Crippen molar-refractivity contribution in [1.82, 2.24) is 10.2 Å². The number of amides is 2. The summed E-state index contributed by atoms with van der Waals surface area (Å²) in [6.07, 6.45) is 1.24. The van der Waals surface area contributed by atoms with E-state index in [1.807, 2.05) is 48.3 Å². The Balaban J connectivity index is 0.000000572. The lowest BCUT2D eigenvalue weighted by Crippen LogP contribution is -2.62. The van der Waals surface area contributed by atoms with E-state index in [4.69, 9.17) is 14.2 Å². The third-order valence-electron chi connectivity index (χ3n) is 6.15. The van der Waals surface area contributed by atoms with E-state index in [9.17, 15) is 14.8 Å². The number of carbonyl (C=O) groups excluding carboxylic acids is 2. The lowest BCUT2D eigenvalue weighted by Gasteiger charge is -2.45. The van der Waals surface area contributed by atoms with Gasteiger partial charge in [-0.25, -0.2) is 4.79 Å². The summed E-state index contributed by atoms with van der Waals surface area (Å²) in [6, 6.07) is 11.4. The van der Waals surface area contributed by atoms with E-state index in [0.717, 1.165) is 29.6 Å². The van der Waals surface area contributed by atoms with Gasteiger partial charge in [-0.3, -0.25) is 14.3 Å². The smallest absolute Gasteiger partial charge is 0.331 e. The summed E-state index contributed by atoms with van der Waals surface area (Å²) in [7, 11) is 8.08. The van der Waals surface area contributed by atoms with E-state index >= 15 is 0 Å². The molecular weight excluding hydrogens is 462 g/mol. The minimum atomic E-state index is -0.807. The van der Waals surface area contributed by atoms with Crippen LogP contribution in [0.5, 0.6) is 17.2 Å². The van der Waals surface area contributed by atoms with Crippen molar-refractivity contribution in [2.45, 2.75) is 26.3 Å². The molecule has 9 nitrogen and oxygen atoms in total. The predicted octanol–water partition coefficient (Wildman–Crippen LogP) is 3.10. The van der Waals surface area contributed by atoms with Gasteiger partial charge in [-0.15, -0.1) is 0 Å². The van der Waals surface area contributed by atoms with Gasteiger partial charge in [0.1, 0.15) is 6.04 Å². The molecule has 9 heteroatoms. The molecule has 2 aromatic carbocycles. The van der Waals surface area contributed by atoms with Crippen LogP contribution in [0.15, 0.2) is 36.4 Å². The number of nitrogens with zero attached hydrogens (tertiary/aromatic N) is 2. The molecule has 0 bridgehead atoms. The lowest BCUT2D eigenvalue weighted by molar-refractivity contribution is -0.788. The molecule has 1 aliphatic rings. The summed E-state index contributed by atoms with van der Waals surface area (Å²) in [5.41, 5.74) is 2.93. The average molecular weight is 502 g/mol. The lowest BCUT2D eigenvalue weighted by atomic mass is 9.98. The van der Waals surface area contributed by atoms with Crippen molar-refractivity contribution in [2.75, 3.05) is 55.1 Å². The van der Waals surface area contributed by atoms with E-state index in [1.165, 1.54) is 7.05 Å². The van der Waals surface area contributed by atoms with Crippen LogP contribution < -0.4 is 19.5 Å². The molecule has 1 N–H and O–H groups in total. The van der Waals surface area contributed by atoms with E-state index in [-0.39, 0.29) is 5.91 Å². The molecule has 198 valence electrons. The molecule has 0 aliphatic carbocycles. The van der Waals surface area contributed by atoms with E-state index < -0.39 is 10.7 Å². The Morgan fingerprint density at radius 3 is 2.11 bits per heavy atom. The number of nitrogens with one attached hydrogen (secondary N) is 1. The number of benzene rings is 2. The van der Waals surface area contributed by atoms with Gasteiger partial charge >= 0.3 is 5.91 Å². The fourth-order valence-corrected chi connectivity index (χ4v) is 3.95. The Morgan fingerprint density at radius 1 is 1.08 bits per heavy atom. The van der Waals surface area contributed by atoms with Crippen LogP contribution in [-0.2, 0) is 16.0 Å². The monoisotopic (exact) mass is 501 g/mol. The highest BCUT2D eigenvalue weighted by Crippen LogP contribution is 2.41. The number of likely N-dealkylation sites (N-methyl/N-ethyl adjacent to an activating group) is 2. The van der Waals surface area contributed by atoms with Gasteiger partial charge in [0.05, 0.1) is 34.9 Å². The first-order valence-corrected chi connectivity index (χ1v) is 11.9. The number of carbonyl (C=O) groups is 2. The van der Waals surface area contributed by atoms with Crippen LogP contribution in [0, 0.1) is 11.1 Å². The van der Waals surface area contributed by atoms with E-state index in [2.05, 4.69) is 19.2 Å². The van der Waals surface area contributed by atoms with Crippen molar-refractivity contribution in [3.05, 3.63) is 47.2 Å². The van der Waals surface area contributed by atoms with Gasteiger partial charge in [0, 0.05) is 19.5 Å². The number of piperazine rings is 1. The second-order valence-corrected chi connectivity index (χ2v) is 9.39. The summed E-state index contributed by atoms with van der Waals surface area (Å²) in [5, 5.41) is 14.9. The summed E-state index contributed by atoms with van der Waals surface area (Å²) in [6.45, 7) is 5.79. The van der Waals surface area contributed by atoms with E-state index in [0.29, 0.717) is 42.7 Å². The Morgan fingerprint density at radius 2 is 1.67 bits per heavy atom. The number of quaternary nitrogens is 1. The maximum Gasteiger partial charge on any atom is 0.331 e. The summed E-state index contributed by atoms with van der Waals surface area (Å²) in [5.74, 6) is 2.01. The molecule has 0 radical (unpaired) electrons. The fourth-order valence-electron chi connectivity index (χ4n) is 3.95. The first-order chi connectivity index (χ1) is 17.1. The highest BCUT2D eigenvalue weighted by Gasteiger charge is 2.39. The van der Waals surface area contributed by atoms with Gasteiger partial charge in [-0.1, -0.05) is 38.1 Å². The predicted molar refractivity (Wildman–Crippen MR) is 140 cm³/mol. The molecule has 3 rings (SSSR count). The molecule has 36 heavy (non-hydrogen) atoms. The van der Waals surface area contributed by atoms with Crippen LogP contribution >= 0.6 is 0 Å². The Labute approximate surface area is 214 Å². The van der Waals surface area contributed by atoms with Gasteiger partial charge < -0.3 is 24.7 Å². The van der Waals surface area contributed by atoms with Crippen molar-refractivity contribution >= 4 is 12.3 Å². The fraction of sp³-hybridized carbons (Fsp3) is 0.481. The number of methoxy groups -OCH3 is 3. The number of rotatable bonds is 9. The average Bonchev–Trinajstić information content (AvgIpc) is 2.87. The minimum Gasteiger partial charge on any atom is -0.625 e. The summed E-state index contributed by atoms with van der Waals surface area (Å²) < 4.78 is 15.4. The zero-order chi connectivity index (χ0) is 26.9.